The van der Waals surface area contributed by atoms with Crippen LogP contribution in [-0.4, -0.2) is 42.2 Å². The number of aliphatic imine (C=N–C) groups is 1. The molecule has 2 aliphatic heterocycles. The summed E-state index contributed by atoms with van der Waals surface area (Å²) < 4.78 is 0. The van der Waals surface area contributed by atoms with Gasteiger partial charge in [-0.05, 0) is 47.5 Å². The zero-order valence-electron chi connectivity index (χ0n) is 15.5. The highest BCUT2D eigenvalue weighted by atomic mass is 32.2. The van der Waals surface area contributed by atoms with Crippen molar-refractivity contribution < 1.29 is 4.79 Å². The molecule has 5 heteroatoms. The van der Waals surface area contributed by atoms with Crippen molar-refractivity contribution in [1.82, 2.24) is 4.90 Å². The number of carbonyl (C=O) groups excluding carboxylic acids is 1. The van der Waals surface area contributed by atoms with Gasteiger partial charge in [0.25, 0.3) is 5.91 Å². The first-order chi connectivity index (χ1) is 13.2. The van der Waals surface area contributed by atoms with E-state index in [4.69, 9.17) is 0 Å². The number of carbonyl (C=O) groups is 1. The predicted octanol–water partition coefficient (Wildman–Crippen LogP) is 4.04. The molecule has 4 rings (SSSR count). The third-order valence-electron chi connectivity index (χ3n) is 4.97. The lowest BCUT2D eigenvalue weighted by atomic mass is 10.1. The average molecular weight is 378 g/mol. The van der Waals surface area contributed by atoms with Gasteiger partial charge >= 0.3 is 0 Å². The Kier molecular flexibility index (Phi) is 5.30. The molecule has 0 saturated carbocycles. The molecule has 2 aromatic carbocycles. The van der Waals surface area contributed by atoms with Crippen LogP contribution >= 0.6 is 11.8 Å². The van der Waals surface area contributed by atoms with Gasteiger partial charge in [0.1, 0.15) is 0 Å². The van der Waals surface area contributed by atoms with Crippen molar-refractivity contribution >= 4 is 34.6 Å². The molecule has 0 unspecified atom stereocenters. The van der Waals surface area contributed by atoms with Crippen LogP contribution in [0.15, 0.2) is 64.5 Å². The van der Waals surface area contributed by atoms with Crippen molar-refractivity contribution in [3.63, 3.8) is 0 Å². The van der Waals surface area contributed by atoms with Gasteiger partial charge < -0.3 is 9.80 Å². The minimum absolute atomic E-state index is 0.125. The molecule has 138 valence electrons. The summed E-state index contributed by atoms with van der Waals surface area (Å²) in [4.78, 5) is 21.9. The molecule has 0 spiro atoms. The zero-order valence-corrected chi connectivity index (χ0v) is 16.3. The van der Waals surface area contributed by atoms with E-state index >= 15 is 0 Å². The number of aryl methyl sites for hydroxylation is 1. The first kappa shape index (κ1) is 17.9. The van der Waals surface area contributed by atoms with Crippen molar-refractivity contribution in [2.24, 2.45) is 4.99 Å². The zero-order chi connectivity index (χ0) is 18.6. The lowest BCUT2D eigenvalue weighted by molar-refractivity contribution is -0.113. The molecule has 0 N–H and O–H groups in total. The summed E-state index contributed by atoms with van der Waals surface area (Å²) in [6.07, 6.45) is 2.97. The van der Waals surface area contributed by atoms with E-state index in [1.165, 1.54) is 23.0 Å². The average Bonchev–Trinajstić information content (AvgIpc) is 3.10. The van der Waals surface area contributed by atoms with Crippen LogP contribution in [0, 0.1) is 0 Å². The fourth-order valence-electron chi connectivity index (χ4n) is 3.33. The second-order valence-corrected chi connectivity index (χ2v) is 7.72. The second kappa shape index (κ2) is 8.01. The van der Waals surface area contributed by atoms with Crippen LogP contribution in [-0.2, 0) is 11.2 Å². The molecule has 0 aliphatic carbocycles. The minimum Gasteiger partial charge on any atom is -0.368 e. The number of hydrogen-bond donors (Lipinski definition) is 0. The van der Waals surface area contributed by atoms with Gasteiger partial charge in [-0.15, -0.1) is 0 Å². The monoisotopic (exact) mass is 377 g/mol. The molecule has 4 nitrogen and oxygen atoms in total. The largest absolute Gasteiger partial charge is 0.368 e. The standard InChI is InChI=1S/C22H23N3OS/c1-2-17-8-10-18(11-9-17)16-20-21(26)23-22(27-20)25-14-12-24(13-15-25)19-6-4-3-5-7-19/h3-11,16H,2,12-15H2,1H3/b20-16-. The Bertz CT molecular complexity index is 866. The quantitative estimate of drug-likeness (QED) is 0.757. The smallest absolute Gasteiger partial charge is 0.286 e. The SMILES string of the molecule is CCc1ccc(/C=C2\SC(N3CCN(c4ccccc4)CC3)=NC2=O)cc1. The normalized spacial score (nSPS) is 18.9. The van der Waals surface area contributed by atoms with Gasteiger partial charge in [-0.2, -0.15) is 4.99 Å². The number of nitrogens with zero attached hydrogens (tertiary/aromatic N) is 3. The highest BCUT2D eigenvalue weighted by molar-refractivity contribution is 8.18. The van der Waals surface area contributed by atoms with E-state index in [0.717, 1.165) is 43.3 Å². The molecular formula is C22H23N3OS. The van der Waals surface area contributed by atoms with Crippen LogP contribution in [0.5, 0.6) is 0 Å². The summed E-state index contributed by atoms with van der Waals surface area (Å²) in [5.41, 5.74) is 3.61. The first-order valence-electron chi connectivity index (χ1n) is 9.39. The molecule has 2 aliphatic rings. The topological polar surface area (TPSA) is 35.9 Å². The number of hydrogen-bond acceptors (Lipinski definition) is 4. The summed E-state index contributed by atoms with van der Waals surface area (Å²) >= 11 is 1.50. The number of piperazine rings is 1. The van der Waals surface area contributed by atoms with Crippen LogP contribution in [0.1, 0.15) is 18.1 Å². The van der Waals surface area contributed by atoms with E-state index in [0.29, 0.717) is 4.91 Å². The number of benzene rings is 2. The van der Waals surface area contributed by atoms with Crippen LogP contribution in [0.2, 0.25) is 0 Å². The highest BCUT2D eigenvalue weighted by Crippen LogP contribution is 2.31. The van der Waals surface area contributed by atoms with Gasteiger partial charge in [-0.3, -0.25) is 4.79 Å². The Balaban J connectivity index is 1.39. The fraction of sp³-hybridized carbons (Fsp3) is 0.273. The van der Waals surface area contributed by atoms with Crippen LogP contribution in [0.4, 0.5) is 5.69 Å². The van der Waals surface area contributed by atoms with Gasteiger partial charge in [-0.25, -0.2) is 0 Å². The van der Waals surface area contributed by atoms with Gasteiger partial charge in [0, 0.05) is 31.9 Å². The summed E-state index contributed by atoms with van der Waals surface area (Å²) in [6, 6.07) is 18.8. The third kappa shape index (κ3) is 4.08. The number of amides is 1. The molecule has 2 heterocycles. The number of para-hydroxylation sites is 1. The molecular weight excluding hydrogens is 354 g/mol. The summed E-state index contributed by atoms with van der Waals surface area (Å²) in [7, 11) is 0. The molecule has 0 bridgehead atoms. The third-order valence-corrected chi connectivity index (χ3v) is 6.01. The number of anilines is 1. The van der Waals surface area contributed by atoms with Crippen LogP contribution in [0.25, 0.3) is 6.08 Å². The predicted molar refractivity (Wildman–Crippen MR) is 114 cm³/mol. The molecule has 0 radical (unpaired) electrons. The van der Waals surface area contributed by atoms with Crippen molar-refractivity contribution in [3.05, 3.63) is 70.6 Å². The molecule has 2 aromatic rings. The Morgan fingerprint density at radius 2 is 1.63 bits per heavy atom. The Hall–Kier alpha value is -2.53. The summed E-state index contributed by atoms with van der Waals surface area (Å²) in [5.74, 6) is -0.125. The van der Waals surface area contributed by atoms with Gasteiger partial charge in [0.15, 0.2) is 5.17 Å². The van der Waals surface area contributed by atoms with Gasteiger partial charge in [0.05, 0.1) is 4.91 Å². The van der Waals surface area contributed by atoms with E-state index < -0.39 is 0 Å². The lowest BCUT2D eigenvalue weighted by Crippen LogP contribution is -2.47. The number of thioether (sulfide) groups is 1. The number of rotatable bonds is 3. The summed E-state index contributed by atoms with van der Waals surface area (Å²) in [5, 5.41) is 0.837. The van der Waals surface area contributed by atoms with Crippen molar-refractivity contribution in [2.45, 2.75) is 13.3 Å². The molecule has 0 aromatic heterocycles. The van der Waals surface area contributed by atoms with Crippen LogP contribution in [0.3, 0.4) is 0 Å². The Morgan fingerprint density at radius 1 is 0.963 bits per heavy atom. The fourth-order valence-corrected chi connectivity index (χ4v) is 4.29. The van der Waals surface area contributed by atoms with Crippen molar-refractivity contribution in [1.29, 1.82) is 0 Å². The molecule has 27 heavy (non-hydrogen) atoms. The van der Waals surface area contributed by atoms with E-state index in [1.807, 2.05) is 12.1 Å². The van der Waals surface area contributed by atoms with Gasteiger partial charge in [0.2, 0.25) is 0 Å². The maximum atomic E-state index is 12.3. The lowest BCUT2D eigenvalue weighted by Gasteiger charge is -2.36. The molecule has 1 fully saturated rings. The van der Waals surface area contributed by atoms with Crippen molar-refractivity contribution in [2.75, 3.05) is 31.1 Å². The highest BCUT2D eigenvalue weighted by Gasteiger charge is 2.28. The van der Waals surface area contributed by atoms with E-state index in [-0.39, 0.29) is 5.91 Å². The van der Waals surface area contributed by atoms with Gasteiger partial charge in [-0.1, -0.05) is 49.4 Å². The maximum absolute atomic E-state index is 12.3. The maximum Gasteiger partial charge on any atom is 0.286 e. The van der Waals surface area contributed by atoms with Crippen LogP contribution < -0.4 is 4.90 Å². The first-order valence-corrected chi connectivity index (χ1v) is 10.2. The van der Waals surface area contributed by atoms with Crippen molar-refractivity contribution in [3.8, 4) is 0 Å². The number of amidine groups is 1. The van der Waals surface area contributed by atoms with E-state index in [2.05, 4.69) is 70.2 Å². The Labute approximate surface area is 164 Å². The Morgan fingerprint density at radius 3 is 2.30 bits per heavy atom. The molecule has 1 amide bonds. The summed E-state index contributed by atoms with van der Waals surface area (Å²) in [6.45, 7) is 5.78. The van der Waals surface area contributed by atoms with E-state index in [9.17, 15) is 4.79 Å². The molecule has 1 saturated heterocycles. The second-order valence-electron chi connectivity index (χ2n) is 6.71. The minimum atomic E-state index is -0.125. The molecule has 0 atom stereocenters. The van der Waals surface area contributed by atoms with E-state index in [1.54, 1.807) is 0 Å².